The Morgan fingerprint density at radius 3 is 2.70 bits per heavy atom. The van der Waals surface area contributed by atoms with Crippen molar-refractivity contribution in [1.29, 1.82) is 0 Å². The third-order valence-corrected chi connectivity index (χ3v) is 3.96. The summed E-state index contributed by atoms with van der Waals surface area (Å²) in [6.07, 6.45) is 1.55. The van der Waals surface area contributed by atoms with Crippen molar-refractivity contribution in [2.75, 3.05) is 13.1 Å². The Labute approximate surface area is 119 Å². The smallest absolute Gasteiger partial charge is 0.307 e. The molecule has 1 unspecified atom stereocenters. The third kappa shape index (κ3) is 3.67. The van der Waals surface area contributed by atoms with E-state index in [4.69, 9.17) is 5.11 Å². The van der Waals surface area contributed by atoms with Crippen LogP contribution in [0.1, 0.15) is 30.9 Å². The van der Waals surface area contributed by atoms with E-state index in [9.17, 15) is 9.59 Å². The Morgan fingerprint density at radius 2 is 2.05 bits per heavy atom. The molecule has 2 rings (SSSR count). The Balaban J connectivity index is 2.06. The first kappa shape index (κ1) is 14.7. The topological polar surface area (TPSA) is 57.6 Å². The van der Waals surface area contributed by atoms with Crippen LogP contribution < -0.4 is 0 Å². The number of Topliss-reactive ketones (excluding diaryl/α,β-unsaturated/α-hetero) is 1. The van der Waals surface area contributed by atoms with E-state index in [-0.39, 0.29) is 12.3 Å². The maximum Gasteiger partial charge on any atom is 0.307 e. The number of aliphatic carboxylic acids is 1. The molecule has 1 saturated heterocycles. The minimum Gasteiger partial charge on any atom is -0.481 e. The Bertz CT molecular complexity index is 498. The van der Waals surface area contributed by atoms with Crippen molar-refractivity contribution in [1.82, 2.24) is 4.90 Å². The standard InChI is InChI=1S/C16H21NO3/c1-2-12-10-17(8-7-15(12)18)11-14-6-4-3-5-13(14)9-16(19)20/h3-6,12H,2,7-11H2,1H3,(H,19,20). The average molecular weight is 275 g/mol. The first-order chi connectivity index (χ1) is 9.60. The van der Waals surface area contributed by atoms with E-state index in [1.807, 2.05) is 31.2 Å². The molecule has 108 valence electrons. The van der Waals surface area contributed by atoms with Gasteiger partial charge < -0.3 is 5.11 Å². The van der Waals surface area contributed by atoms with Crippen molar-refractivity contribution in [3.63, 3.8) is 0 Å². The van der Waals surface area contributed by atoms with E-state index in [0.717, 1.165) is 37.2 Å². The zero-order valence-corrected chi connectivity index (χ0v) is 11.8. The largest absolute Gasteiger partial charge is 0.481 e. The summed E-state index contributed by atoms with van der Waals surface area (Å²) in [5.41, 5.74) is 1.92. The summed E-state index contributed by atoms with van der Waals surface area (Å²) < 4.78 is 0. The monoisotopic (exact) mass is 275 g/mol. The summed E-state index contributed by atoms with van der Waals surface area (Å²) in [5.74, 6) is -0.310. The van der Waals surface area contributed by atoms with Crippen molar-refractivity contribution in [3.05, 3.63) is 35.4 Å². The minimum atomic E-state index is -0.808. The SMILES string of the molecule is CCC1CN(Cc2ccccc2CC(=O)O)CCC1=O. The molecule has 1 heterocycles. The molecule has 0 amide bonds. The third-order valence-electron chi connectivity index (χ3n) is 3.96. The number of hydrogen-bond acceptors (Lipinski definition) is 3. The molecule has 1 atom stereocenters. The Hall–Kier alpha value is -1.68. The molecule has 0 aromatic heterocycles. The number of benzene rings is 1. The van der Waals surface area contributed by atoms with Gasteiger partial charge in [-0.15, -0.1) is 0 Å². The summed E-state index contributed by atoms with van der Waals surface area (Å²) in [6, 6.07) is 7.66. The van der Waals surface area contributed by atoms with Crippen LogP contribution in [0.4, 0.5) is 0 Å². The maximum atomic E-state index is 11.7. The Kier molecular flexibility index (Phi) is 4.90. The summed E-state index contributed by atoms with van der Waals surface area (Å²) >= 11 is 0. The van der Waals surface area contributed by atoms with Gasteiger partial charge in [-0.25, -0.2) is 0 Å². The van der Waals surface area contributed by atoms with Crippen LogP contribution in [-0.2, 0) is 22.6 Å². The molecular weight excluding hydrogens is 254 g/mol. The van der Waals surface area contributed by atoms with Crippen molar-refractivity contribution in [2.45, 2.75) is 32.7 Å². The van der Waals surface area contributed by atoms with E-state index < -0.39 is 5.97 Å². The van der Waals surface area contributed by atoms with Gasteiger partial charge in [-0.1, -0.05) is 31.2 Å². The highest BCUT2D eigenvalue weighted by Gasteiger charge is 2.25. The number of carbonyl (C=O) groups is 2. The highest BCUT2D eigenvalue weighted by molar-refractivity contribution is 5.82. The second-order valence-corrected chi connectivity index (χ2v) is 5.40. The van der Waals surface area contributed by atoms with Crippen LogP contribution in [0.25, 0.3) is 0 Å². The zero-order valence-electron chi connectivity index (χ0n) is 11.8. The number of ketones is 1. The Morgan fingerprint density at radius 1 is 1.35 bits per heavy atom. The number of nitrogens with zero attached hydrogens (tertiary/aromatic N) is 1. The number of rotatable bonds is 5. The number of piperidine rings is 1. The van der Waals surface area contributed by atoms with Crippen LogP contribution in [0, 0.1) is 5.92 Å². The van der Waals surface area contributed by atoms with E-state index in [1.165, 1.54) is 0 Å². The van der Waals surface area contributed by atoms with Gasteiger partial charge in [-0.05, 0) is 17.5 Å². The molecule has 1 aromatic carbocycles. The lowest BCUT2D eigenvalue weighted by Crippen LogP contribution is -2.40. The molecule has 0 spiro atoms. The van der Waals surface area contributed by atoms with Gasteiger partial charge in [0.25, 0.3) is 0 Å². The number of likely N-dealkylation sites (tertiary alicyclic amines) is 1. The predicted molar refractivity (Wildman–Crippen MR) is 76.5 cm³/mol. The highest BCUT2D eigenvalue weighted by Crippen LogP contribution is 2.20. The maximum absolute atomic E-state index is 11.7. The van der Waals surface area contributed by atoms with Crippen molar-refractivity contribution < 1.29 is 14.7 Å². The highest BCUT2D eigenvalue weighted by atomic mass is 16.4. The summed E-state index contributed by atoms with van der Waals surface area (Å²) in [4.78, 5) is 24.9. The number of carbonyl (C=O) groups excluding carboxylic acids is 1. The lowest BCUT2D eigenvalue weighted by molar-refractivity contribution is -0.136. The molecule has 1 N–H and O–H groups in total. The molecule has 1 aliphatic heterocycles. The van der Waals surface area contributed by atoms with Crippen LogP contribution in [-0.4, -0.2) is 34.8 Å². The molecule has 0 radical (unpaired) electrons. The molecule has 0 bridgehead atoms. The fourth-order valence-corrected chi connectivity index (χ4v) is 2.77. The van der Waals surface area contributed by atoms with E-state index in [2.05, 4.69) is 4.90 Å². The second kappa shape index (κ2) is 6.66. The first-order valence-electron chi connectivity index (χ1n) is 7.13. The molecule has 4 nitrogen and oxygen atoms in total. The van der Waals surface area contributed by atoms with Crippen molar-refractivity contribution >= 4 is 11.8 Å². The van der Waals surface area contributed by atoms with Crippen molar-refractivity contribution in [3.8, 4) is 0 Å². The van der Waals surface area contributed by atoms with Gasteiger partial charge in [0.15, 0.2) is 0 Å². The van der Waals surface area contributed by atoms with E-state index in [0.29, 0.717) is 12.2 Å². The van der Waals surface area contributed by atoms with E-state index >= 15 is 0 Å². The molecule has 4 heteroatoms. The fourth-order valence-electron chi connectivity index (χ4n) is 2.77. The summed E-state index contributed by atoms with van der Waals surface area (Å²) in [5, 5.41) is 8.95. The lowest BCUT2D eigenvalue weighted by Gasteiger charge is -2.31. The second-order valence-electron chi connectivity index (χ2n) is 5.40. The summed E-state index contributed by atoms with van der Waals surface area (Å²) in [6.45, 7) is 4.34. The average Bonchev–Trinajstić information content (AvgIpc) is 2.42. The summed E-state index contributed by atoms with van der Waals surface area (Å²) in [7, 11) is 0. The fraction of sp³-hybridized carbons (Fsp3) is 0.500. The minimum absolute atomic E-state index is 0.0557. The first-order valence-corrected chi connectivity index (χ1v) is 7.13. The van der Waals surface area contributed by atoms with Gasteiger partial charge in [0, 0.05) is 32.0 Å². The van der Waals surface area contributed by atoms with Crippen molar-refractivity contribution in [2.24, 2.45) is 5.92 Å². The lowest BCUT2D eigenvalue weighted by atomic mass is 9.93. The van der Waals surface area contributed by atoms with E-state index in [1.54, 1.807) is 0 Å². The van der Waals surface area contributed by atoms with Crippen LogP contribution in [0.5, 0.6) is 0 Å². The van der Waals surface area contributed by atoms with Gasteiger partial charge in [-0.2, -0.15) is 0 Å². The molecule has 0 aliphatic carbocycles. The van der Waals surface area contributed by atoms with Gasteiger partial charge >= 0.3 is 5.97 Å². The van der Waals surface area contributed by atoms with Crippen LogP contribution in [0.15, 0.2) is 24.3 Å². The zero-order chi connectivity index (χ0) is 14.5. The number of hydrogen-bond donors (Lipinski definition) is 1. The molecule has 1 aliphatic rings. The molecule has 1 fully saturated rings. The van der Waals surface area contributed by atoms with Gasteiger partial charge in [0.1, 0.15) is 5.78 Å². The molecule has 0 saturated carbocycles. The molecule has 20 heavy (non-hydrogen) atoms. The number of carboxylic acids is 1. The van der Waals surface area contributed by atoms with Crippen LogP contribution in [0.2, 0.25) is 0 Å². The van der Waals surface area contributed by atoms with Crippen LogP contribution >= 0.6 is 0 Å². The predicted octanol–water partition coefficient (Wildman–Crippen LogP) is 2.11. The number of carboxylic acid groups (broad SMARTS) is 1. The quantitative estimate of drug-likeness (QED) is 0.894. The molecular formula is C16H21NO3. The van der Waals surface area contributed by atoms with Gasteiger partial charge in [0.2, 0.25) is 0 Å². The van der Waals surface area contributed by atoms with Gasteiger partial charge in [-0.3, -0.25) is 14.5 Å². The van der Waals surface area contributed by atoms with Gasteiger partial charge in [0.05, 0.1) is 6.42 Å². The normalized spacial score (nSPS) is 20.1. The molecule has 1 aromatic rings. The van der Waals surface area contributed by atoms with Crippen LogP contribution in [0.3, 0.4) is 0 Å².